The highest BCUT2D eigenvalue weighted by atomic mass is 19.1. The van der Waals surface area contributed by atoms with Crippen LogP contribution in [0.4, 0.5) is 4.39 Å². The van der Waals surface area contributed by atoms with Crippen molar-refractivity contribution in [3.8, 4) is 0 Å². The monoisotopic (exact) mass is 293 g/mol. The van der Waals surface area contributed by atoms with Crippen LogP contribution in [-0.4, -0.2) is 30.1 Å². The van der Waals surface area contributed by atoms with Gasteiger partial charge in [0.25, 0.3) is 0 Å². The number of rotatable bonds is 2. The van der Waals surface area contributed by atoms with E-state index in [1.54, 1.807) is 0 Å². The van der Waals surface area contributed by atoms with E-state index in [4.69, 9.17) is 9.47 Å². The predicted molar refractivity (Wildman–Crippen MR) is 79.6 cm³/mol. The van der Waals surface area contributed by atoms with Gasteiger partial charge in [0.15, 0.2) is 5.79 Å². The molecule has 0 aromatic heterocycles. The normalized spacial score (nSPS) is 30.7. The van der Waals surface area contributed by atoms with E-state index >= 15 is 0 Å². The Hall–Kier alpha value is -0.970. The van der Waals surface area contributed by atoms with Gasteiger partial charge in [-0.15, -0.1) is 0 Å². The molecule has 0 radical (unpaired) electrons. The third-order valence-electron chi connectivity index (χ3n) is 4.33. The summed E-state index contributed by atoms with van der Waals surface area (Å²) in [6.07, 6.45) is 2.48. The number of nitrogens with one attached hydrogen (secondary N) is 1. The Morgan fingerprint density at radius 2 is 1.67 bits per heavy atom. The van der Waals surface area contributed by atoms with Gasteiger partial charge in [0.05, 0.1) is 13.2 Å². The molecule has 2 heterocycles. The molecule has 2 saturated heterocycles. The van der Waals surface area contributed by atoms with Crippen LogP contribution in [0.1, 0.15) is 39.2 Å². The minimum absolute atomic E-state index is 0.0582. The second kappa shape index (κ2) is 5.04. The molecular weight excluding hydrogens is 269 g/mol. The molecule has 3 rings (SSSR count). The smallest absolute Gasteiger partial charge is 0.171 e. The van der Waals surface area contributed by atoms with Gasteiger partial charge in [-0.2, -0.15) is 0 Å². The summed E-state index contributed by atoms with van der Waals surface area (Å²) >= 11 is 0. The van der Waals surface area contributed by atoms with E-state index in [0.717, 1.165) is 24.8 Å². The second-order valence-electron chi connectivity index (χ2n) is 7.33. The van der Waals surface area contributed by atoms with Crippen LogP contribution in [0.3, 0.4) is 0 Å². The molecule has 21 heavy (non-hydrogen) atoms. The predicted octanol–water partition coefficient (Wildman–Crippen LogP) is 3.03. The minimum Gasteiger partial charge on any atom is -0.347 e. The first-order valence-corrected chi connectivity index (χ1v) is 7.62. The summed E-state index contributed by atoms with van der Waals surface area (Å²) in [5.41, 5.74) is 0.929. The lowest BCUT2D eigenvalue weighted by atomic mass is 9.75. The van der Waals surface area contributed by atoms with Crippen LogP contribution >= 0.6 is 0 Å². The summed E-state index contributed by atoms with van der Waals surface area (Å²) in [5, 5.41) is 3.73. The van der Waals surface area contributed by atoms with Crippen molar-refractivity contribution in [2.45, 2.75) is 56.9 Å². The molecule has 1 aromatic rings. The van der Waals surface area contributed by atoms with Gasteiger partial charge in [0, 0.05) is 23.9 Å². The fourth-order valence-corrected chi connectivity index (χ4v) is 4.10. The quantitative estimate of drug-likeness (QED) is 0.909. The summed E-state index contributed by atoms with van der Waals surface area (Å²) in [6.45, 7) is 7.90. The van der Waals surface area contributed by atoms with Crippen LogP contribution in [0.15, 0.2) is 24.3 Å². The first kappa shape index (κ1) is 14.9. The maximum absolute atomic E-state index is 13.1. The number of piperidine rings is 1. The van der Waals surface area contributed by atoms with E-state index in [1.807, 2.05) is 12.1 Å². The van der Waals surface area contributed by atoms with Crippen LogP contribution in [0.25, 0.3) is 0 Å². The number of benzene rings is 1. The lowest BCUT2D eigenvalue weighted by molar-refractivity contribution is -0.207. The zero-order valence-corrected chi connectivity index (χ0v) is 13.0. The van der Waals surface area contributed by atoms with Gasteiger partial charge < -0.3 is 14.8 Å². The minimum atomic E-state index is -0.469. The van der Waals surface area contributed by atoms with Gasteiger partial charge in [-0.25, -0.2) is 4.39 Å². The largest absolute Gasteiger partial charge is 0.347 e. The Labute approximate surface area is 125 Å². The molecule has 0 saturated carbocycles. The summed E-state index contributed by atoms with van der Waals surface area (Å²) in [6, 6.07) is 6.75. The Balaban J connectivity index is 1.82. The van der Waals surface area contributed by atoms with E-state index in [2.05, 4.69) is 26.1 Å². The van der Waals surface area contributed by atoms with Crippen molar-refractivity contribution in [1.82, 2.24) is 5.32 Å². The molecule has 1 aromatic carbocycles. The van der Waals surface area contributed by atoms with Gasteiger partial charge in [-0.1, -0.05) is 12.1 Å². The molecule has 1 atom stereocenters. The van der Waals surface area contributed by atoms with E-state index in [9.17, 15) is 4.39 Å². The van der Waals surface area contributed by atoms with Crippen molar-refractivity contribution in [2.75, 3.05) is 13.2 Å². The molecule has 2 fully saturated rings. The Kier molecular flexibility index (Phi) is 3.59. The van der Waals surface area contributed by atoms with Crippen LogP contribution in [0.2, 0.25) is 0 Å². The molecule has 1 spiro atoms. The molecule has 116 valence electrons. The molecule has 0 amide bonds. The van der Waals surface area contributed by atoms with E-state index in [-0.39, 0.29) is 16.9 Å². The first-order valence-electron chi connectivity index (χ1n) is 7.62. The fraction of sp³-hybridized carbons (Fsp3) is 0.647. The average Bonchev–Trinajstić information content (AvgIpc) is 2.76. The summed E-state index contributed by atoms with van der Waals surface area (Å²) < 4.78 is 25.0. The lowest BCUT2D eigenvalue weighted by Crippen LogP contribution is -2.65. The third-order valence-corrected chi connectivity index (χ3v) is 4.33. The van der Waals surface area contributed by atoms with Gasteiger partial charge in [0.2, 0.25) is 0 Å². The molecule has 3 nitrogen and oxygen atoms in total. The summed E-state index contributed by atoms with van der Waals surface area (Å²) in [4.78, 5) is 0. The van der Waals surface area contributed by atoms with Crippen LogP contribution in [0.5, 0.6) is 0 Å². The number of ether oxygens (including phenoxy) is 2. The van der Waals surface area contributed by atoms with Crippen LogP contribution in [-0.2, 0) is 15.9 Å². The Morgan fingerprint density at radius 1 is 1.05 bits per heavy atom. The maximum Gasteiger partial charge on any atom is 0.171 e. The van der Waals surface area contributed by atoms with E-state index in [0.29, 0.717) is 13.2 Å². The van der Waals surface area contributed by atoms with Gasteiger partial charge in [0.1, 0.15) is 5.82 Å². The molecule has 0 aliphatic carbocycles. The maximum atomic E-state index is 13.1. The molecular formula is C17H24FNO2. The zero-order valence-electron chi connectivity index (χ0n) is 13.0. The summed E-state index contributed by atoms with van der Waals surface area (Å²) in [5.74, 6) is -0.663. The van der Waals surface area contributed by atoms with Crippen LogP contribution in [0, 0.1) is 5.82 Å². The van der Waals surface area contributed by atoms with Crippen molar-refractivity contribution in [2.24, 2.45) is 0 Å². The number of hydrogen-bond acceptors (Lipinski definition) is 3. The standard InChI is InChI=1S/C17H24FNO2/c1-15(2)11-17(20-8-9-21-17)12-16(3,19-15)10-13-4-6-14(18)7-5-13/h4-7,19H,8-12H2,1-3H3. The van der Waals surface area contributed by atoms with Gasteiger partial charge in [-0.3, -0.25) is 0 Å². The van der Waals surface area contributed by atoms with Crippen molar-refractivity contribution in [3.63, 3.8) is 0 Å². The molecule has 4 heteroatoms. The molecule has 1 N–H and O–H groups in total. The van der Waals surface area contributed by atoms with E-state index < -0.39 is 5.79 Å². The van der Waals surface area contributed by atoms with Crippen molar-refractivity contribution < 1.29 is 13.9 Å². The highest BCUT2D eigenvalue weighted by molar-refractivity contribution is 5.20. The molecule has 0 bridgehead atoms. The van der Waals surface area contributed by atoms with Crippen LogP contribution < -0.4 is 5.32 Å². The third kappa shape index (κ3) is 3.28. The van der Waals surface area contributed by atoms with Crippen molar-refractivity contribution in [3.05, 3.63) is 35.6 Å². The SMILES string of the molecule is CC1(C)CC2(CC(C)(Cc3ccc(F)cc3)N1)OCCO2. The second-order valence-corrected chi connectivity index (χ2v) is 7.33. The Morgan fingerprint density at radius 3 is 2.29 bits per heavy atom. The topological polar surface area (TPSA) is 30.5 Å². The van der Waals surface area contributed by atoms with Crippen molar-refractivity contribution >= 4 is 0 Å². The van der Waals surface area contributed by atoms with Crippen molar-refractivity contribution in [1.29, 1.82) is 0 Å². The lowest BCUT2D eigenvalue weighted by Gasteiger charge is -2.51. The molecule has 2 aliphatic rings. The highest BCUT2D eigenvalue weighted by Gasteiger charge is 2.52. The van der Waals surface area contributed by atoms with Gasteiger partial charge in [-0.05, 0) is 44.9 Å². The molecule has 1 unspecified atom stereocenters. The number of halogens is 1. The Bertz CT molecular complexity index is 508. The highest BCUT2D eigenvalue weighted by Crippen LogP contribution is 2.42. The fourth-order valence-electron chi connectivity index (χ4n) is 4.10. The zero-order chi connectivity index (χ0) is 15.1. The molecule has 2 aliphatic heterocycles. The van der Waals surface area contributed by atoms with Gasteiger partial charge >= 0.3 is 0 Å². The average molecular weight is 293 g/mol. The first-order chi connectivity index (χ1) is 9.80. The number of hydrogen-bond donors (Lipinski definition) is 1. The summed E-state index contributed by atoms with van der Waals surface area (Å²) in [7, 11) is 0. The van der Waals surface area contributed by atoms with E-state index in [1.165, 1.54) is 12.1 Å².